The van der Waals surface area contributed by atoms with E-state index in [1.165, 1.54) is 0 Å². The van der Waals surface area contributed by atoms with Crippen molar-refractivity contribution in [1.82, 2.24) is 14.4 Å². The fourth-order valence-corrected chi connectivity index (χ4v) is 3.64. The Kier molecular flexibility index (Phi) is 4.84. The number of nitrogens with one attached hydrogen (secondary N) is 1. The van der Waals surface area contributed by atoms with Crippen molar-refractivity contribution >= 4 is 17.4 Å². The highest BCUT2D eigenvalue weighted by Crippen LogP contribution is 2.35. The molecule has 1 aromatic carbocycles. The van der Waals surface area contributed by atoms with E-state index in [0.29, 0.717) is 11.5 Å². The first-order chi connectivity index (χ1) is 13.2. The second kappa shape index (κ2) is 7.59. The van der Waals surface area contributed by atoms with Crippen LogP contribution in [-0.4, -0.2) is 14.4 Å². The van der Waals surface area contributed by atoms with Crippen LogP contribution in [0.5, 0.6) is 5.75 Å². The summed E-state index contributed by atoms with van der Waals surface area (Å²) < 4.78 is 1.99. The monoisotopic (exact) mass is 375 g/mol. The van der Waals surface area contributed by atoms with E-state index in [9.17, 15) is 0 Å². The lowest BCUT2D eigenvalue weighted by Crippen LogP contribution is -1.89. The predicted octanol–water partition coefficient (Wildman–Crippen LogP) is 5.32. The molecule has 1 N–H and O–H groups in total. The summed E-state index contributed by atoms with van der Waals surface area (Å²) in [6, 6.07) is 15.8. The average Bonchev–Trinajstić information content (AvgIpc) is 3.11. The molecule has 0 spiro atoms. The van der Waals surface area contributed by atoms with E-state index in [1.54, 1.807) is 18.0 Å². The molecular weight excluding hydrogens is 358 g/mol. The summed E-state index contributed by atoms with van der Waals surface area (Å²) in [6.07, 6.45) is 5.75. The summed E-state index contributed by atoms with van der Waals surface area (Å²) in [7, 11) is 0. The second-order valence-corrected chi connectivity index (χ2v) is 7.07. The highest BCUT2D eigenvalue weighted by Gasteiger charge is 2.11. The van der Waals surface area contributed by atoms with E-state index >= 15 is 0 Å². The zero-order valence-corrected chi connectivity index (χ0v) is 15.5. The molecule has 0 amide bonds. The molecule has 0 saturated heterocycles. The third-order valence-corrected chi connectivity index (χ3v) is 5.19. The Balaban J connectivity index is 1.63. The molecule has 0 bridgehead atoms. The quantitative estimate of drug-likeness (QED) is 0.281. The van der Waals surface area contributed by atoms with Gasteiger partial charge in [-0.15, -0.1) is 11.8 Å². The normalized spacial score (nSPS) is 10.9. The van der Waals surface area contributed by atoms with Gasteiger partial charge in [-0.05, 0) is 48.9 Å². The first-order valence-electron chi connectivity index (χ1n) is 8.39. The zero-order chi connectivity index (χ0) is 18.6. The summed E-state index contributed by atoms with van der Waals surface area (Å²) in [5.74, 6) is 1.25. The number of nitrogens with zero attached hydrogens (tertiary/aromatic N) is 4. The maximum absolute atomic E-state index is 7.08. The number of hydrogen-bond acceptors (Lipinski definition) is 6. The van der Waals surface area contributed by atoms with Crippen molar-refractivity contribution in [2.75, 3.05) is 0 Å². The number of imidazole rings is 1. The highest BCUT2D eigenvalue weighted by atomic mass is 32.2. The molecule has 0 unspecified atom stereocenters. The molecule has 0 radical (unpaired) electrons. The van der Waals surface area contributed by atoms with Gasteiger partial charge in [0, 0.05) is 35.2 Å². The lowest BCUT2D eigenvalue weighted by molar-refractivity contribution is 0.291. The minimum absolute atomic E-state index is 0.539. The molecule has 0 fully saturated rings. The van der Waals surface area contributed by atoms with E-state index in [2.05, 4.69) is 15.2 Å². The van der Waals surface area contributed by atoms with Gasteiger partial charge in [-0.2, -0.15) is 5.53 Å². The molecule has 27 heavy (non-hydrogen) atoms. The van der Waals surface area contributed by atoms with E-state index < -0.39 is 0 Å². The number of aryl methyl sites for hydroxylation is 1. The lowest BCUT2D eigenvalue weighted by atomic mass is 10.1. The van der Waals surface area contributed by atoms with E-state index in [1.807, 2.05) is 72.2 Å². The molecule has 3 aromatic heterocycles. The van der Waals surface area contributed by atoms with Gasteiger partial charge in [-0.3, -0.25) is 4.98 Å². The molecule has 0 atom stereocenters. The highest BCUT2D eigenvalue weighted by molar-refractivity contribution is 7.98. The van der Waals surface area contributed by atoms with Gasteiger partial charge < -0.3 is 9.24 Å². The molecule has 134 valence electrons. The first kappa shape index (κ1) is 17.2. The smallest absolute Gasteiger partial charge is 0.174 e. The maximum Gasteiger partial charge on any atom is 0.174 e. The Morgan fingerprint density at radius 2 is 2.11 bits per heavy atom. The molecular formula is C20H17N5OS. The number of aromatic nitrogens is 3. The lowest BCUT2D eigenvalue weighted by Gasteiger charge is -2.08. The predicted molar refractivity (Wildman–Crippen MR) is 105 cm³/mol. The summed E-state index contributed by atoms with van der Waals surface area (Å²) in [5.41, 5.74) is 11.9. The number of benzene rings is 1. The summed E-state index contributed by atoms with van der Waals surface area (Å²) in [6.45, 7) is 2.05. The van der Waals surface area contributed by atoms with Crippen LogP contribution in [0.4, 0.5) is 0 Å². The first-order valence-corrected chi connectivity index (χ1v) is 9.38. The van der Waals surface area contributed by atoms with Gasteiger partial charge in [0.05, 0.1) is 16.3 Å². The van der Waals surface area contributed by atoms with Crippen LogP contribution in [0.3, 0.4) is 0 Å². The number of rotatable bonds is 6. The number of hydrogen-bond donors (Lipinski definition) is 1. The molecule has 4 aromatic rings. The van der Waals surface area contributed by atoms with Crippen molar-refractivity contribution < 1.29 is 4.84 Å². The van der Waals surface area contributed by atoms with Crippen molar-refractivity contribution in [3.05, 3.63) is 78.4 Å². The van der Waals surface area contributed by atoms with Gasteiger partial charge in [0.15, 0.2) is 5.75 Å². The van der Waals surface area contributed by atoms with Gasteiger partial charge in [0.2, 0.25) is 0 Å². The minimum Gasteiger partial charge on any atom is -0.339 e. The van der Waals surface area contributed by atoms with Crippen LogP contribution in [0.25, 0.3) is 16.9 Å². The fraction of sp³-hybridized carbons (Fsp3) is 0.100. The minimum atomic E-state index is 0.539. The topological polar surface area (TPSA) is 75.6 Å². The van der Waals surface area contributed by atoms with E-state index in [-0.39, 0.29) is 0 Å². The van der Waals surface area contributed by atoms with Crippen LogP contribution in [0.1, 0.15) is 11.3 Å². The Bertz CT molecular complexity index is 1090. The average molecular weight is 375 g/mol. The number of thioether (sulfide) groups is 1. The summed E-state index contributed by atoms with van der Waals surface area (Å²) in [4.78, 5) is 15.1. The van der Waals surface area contributed by atoms with Gasteiger partial charge >= 0.3 is 0 Å². The number of pyridine rings is 2. The standard InChI is InChI=1S/C20H17N5OS/c1-14-7-9-25-12-17(23-20(25)10-14)15-5-6-19(18(11-15)26-24-21)27-13-16-4-2-3-8-22-16/h2-12,21H,13H2,1H3. The van der Waals surface area contributed by atoms with Crippen molar-refractivity contribution in [2.45, 2.75) is 17.6 Å². The van der Waals surface area contributed by atoms with Crippen LogP contribution in [0.15, 0.2) is 77.3 Å². The number of fused-ring (bicyclic) bond motifs is 1. The van der Waals surface area contributed by atoms with Crippen molar-refractivity contribution in [3.8, 4) is 17.0 Å². The zero-order valence-electron chi connectivity index (χ0n) is 14.7. The summed E-state index contributed by atoms with van der Waals surface area (Å²) in [5, 5.41) is 3.11. The Labute approximate surface area is 160 Å². The van der Waals surface area contributed by atoms with Gasteiger partial charge in [-0.1, -0.05) is 12.1 Å². The Hall–Kier alpha value is -3.19. The van der Waals surface area contributed by atoms with Crippen LogP contribution >= 0.6 is 11.8 Å². The molecule has 0 aliphatic rings. The largest absolute Gasteiger partial charge is 0.339 e. The van der Waals surface area contributed by atoms with Gasteiger partial charge in [0.25, 0.3) is 0 Å². The van der Waals surface area contributed by atoms with Crippen LogP contribution in [0.2, 0.25) is 0 Å². The fourth-order valence-electron chi connectivity index (χ4n) is 2.77. The molecule has 0 aliphatic carbocycles. The van der Waals surface area contributed by atoms with Gasteiger partial charge in [-0.25, -0.2) is 4.98 Å². The van der Waals surface area contributed by atoms with Crippen LogP contribution in [0, 0.1) is 12.5 Å². The Morgan fingerprint density at radius 1 is 1.19 bits per heavy atom. The van der Waals surface area contributed by atoms with Crippen molar-refractivity contribution in [2.24, 2.45) is 5.28 Å². The molecule has 6 nitrogen and oxygen atoms in total. The van der Waals surface area contributed by atoms with Crippen molar-refractivity contribution in [3.63, 3.8) is 0 Å². The third kappa shape index (κ3) is 3.83. The molecule has 0 aliphatic heterocycles. The van der Waals surface area contributed by atoms with Crippen LogP contribution in [-0.2, 0) is 5.75 Å². The maximum atomic E-state index is 7.08. The molecule has 0 saturated carbocycles. The Morgan fingerprint density at radius 3 is 2.93 bits per heavy atom. The van der Waals surface area contributed by atoms with Gasteiger partial charge in [0.1, 0.15) is 5.65 Å². The molecule has 3 heterocycles. The summed E-state index contributed by atoms with van der Waals surface area (Å²) >= 11 is 1.59. The van der Waals surface area contributed by atoms with Crippen molar-refractivity contribution in [1.29, 1.82) is 5.53 Å². The SMILES string of the molecule is Cc1ccn2cc(-c3ccc(SCc4ccccn4)c(ON=N)c3)nc2c1. The molecule has 4 rings (SSSR count). The molecule has 7 heteroatoms. The second-order valence-electron chi connectivity index (χ2n) is 6.05. The third-order valence-electron chi connectivity index (χ3n) is 4.10. The van der Waals surface area contributed by atoms with Crippen LogP contribution < -0.4 is 4.84 Å². The van der Waals surface area contributed by atoms with E-state index in [0.717, 1.165) is 33.1 Å². The van der Waals surface area contributed by atoms with E-state index in [4.69, 9.17) is 10.4 Å².